The summed E-state index contributed by atoms with van der Waals surface area (Å²) < 4.78 is 9.45. The van der Waals surface area contributed by atoms with Crippen LogP contribution in [0, 0.1) is 0 Å². The number of amides is 1. The van der Waals surface area contributed by atoms with Gasteiger partial charge < -0.3 is 19.9 Å². The standard InChI is InChI=1S/C23H25N7O2.C2H6/c1-24-20-10-19(28-22-18(12-26-30(20)22)23(31)27-14-4-2-5-14)17-11-25-21-16(17)6-3-8-29(21)15-7-9-32-13-15;1-2/h3,6,8,10-12,14-15,24H,2,4-5,7,9,13H2,1H3,(H,27,31);1-2H3. The van der Waals surface area contributed by atoms with Crippen molar-refractivity contribution >= 4 is 17.4 Å². The highest BCUT2D eigenvalue weighted by molar-refractivity contribution is 6.00. The maximum absolute atomic E-state index is 12.9. The van der Waals surface area contributed by atoms with Gasteiger partial charge in [-0.2, -0.15) is 9.61 Å². The van der Waals surface area contributed by atoms with E-state index in [0.717, 1.165) is 60.8 Å². The minimum absolute atomic E-state index is 0.124. The fourth-order valence-electron chi connectivity index (χ4n) is 4.55. The van der Waals surface area contributed by atoms with E-state index in [1.165, 1.54) is 0 Å². The van der Waals surface area contributed by atoms with Crippen LogP contribution in [-0.4, -0.2) is 56.4 Å². The smallest absolute Gasteiger partial charge is 0.256 e. The van der Waals surface area contributed by atoms with Crippen LogP contribution in [-0.2, 0) is 4.74 Å². The molecule has 5 heterocycles. The Morgan fingerprint density at radius 2 is 2.03 bits per heavy atom. The second-order valence-electron chi connectivity index (χ2n) is 8.51. The van der Waals surface area contributed by atoms with Crippen molar-refractivity contribution in [2.45, 2.75) is 51.6 Å². The van der Waals surface area contributed by atoms with Crippen LogP contribution < -0.4 is 10.6 Å². The molecular weight excluding hydrogens is 430 g/mol. The molecule has 2 aromatic rings. The molecule has 1 atom stereocenters. The minimum Gasteiger partial charge on any atom is -0.379 e. The van der Waals surface area contributed by atoms with Crippen molar-refractivity contribution in [3.8, 4) is 22.6 Å². The molecule has 1 amide bonds. The van der Waals surface area contributed by atoms with Gasteiger partial charge in [0.25, 0.3) is 5.91 Å². The van der Waals surface area contributed by atoms with Crippen LogP contribution in [0.2, 0.25) is 0 Å². The predicted molar refractivity (Wildman–Crippen MR) is 131 cm³/mol. The van der Waals surface area contributed by atoms with Crippen molar-refractivity contribution in [2.24, 2.45) is 0 Å². The first-order chi connectivity index (χ1) is 16.7. The highest BCUT2D eigenvalue weighted by atomic mass is 16.5. The third-order valence-corrected chi connectivity index (χ3v) is 6.59. The monoisotopic (exact) mass is 461 g/mol. The summed E-state index contributed by atoms with van der Waals surface area (Å²) in [6.45, 7) is 5.48. The van der Waals surface area contributed by atoms with Crippen LogP contribution in [0.1, 0.15) is 55.9 Å². The SMILES string of the molecule is CC.CNc1cc(-c2cnc3n(C4CCOC4)cccc2-3)nc2c(C(=O)NC3CCC3)cnn12. The molecule has 0 aromatic carbocycles. The molecule has 0 radical (unpaired) electrons. The molecule has 1 saturated carbocycles. The number of aromatic nitrogens is 5. The second-order valence-corrected chi connectivity index (χ2v) is 8.51. The van der Waals surface area contributed by atoms with E-state index < -0.39 is 0 Å². The number of pyridine rings is 1. The Balaban J connectivity index is 0.00000117. The molecule has 4 aliphatic rings. The number of anilines is 1. The fraction of sp³-hybridized carbons (Fsp3) is 0.440. The van der Waals surface area contributed by atoms with Crippen LogP contribution in [0.5, 0.6) is 0 Å². The summed E-state index contributed by atoms with van der Waals surface area (Å²) in [5, 5.41) is 10.7. The zero-order valence-electron chi connectivity index (χ0n) is 19.9. The Kier molecular flexibility index (Phi) is 6.19. The fourth-order valence-corrected chi connectivity index (χ4v) is 4.55. The maximum Gasteiger partial charge on any atom is 0.256 e. The summed E-state index contributed by atoms with van der Waals surface area (Å²) in [6.07, 6.45) is 9.72. The molecule has 0 spiro atoms. The molecule has 3 aliphatic heterocycles. The second kappa shape index (κ2) is 9.42. The van der Waals surface area contributed by atoms with Gasteiger partial charge in [-0.1, -0.05) is 13.8 Å². The Bertz CT molecular complexity index is 1270. The lowest BCUT2D eigenvalue weighted by molar-refractivity contribution is 0.0918. The number of ether oxygens (including phenoxy) is 1. The van der Waals surface area contributed by atoms with Crippen molar-refractivity contribution < 1.29 is 9.53 Å². The van der Waals surface area contributed by atoms with E-state index in [2.05, 4.69) is 32.6 Å². The van der Waals surface area contributed by atoms with E-state index in [1.807, 2.05) is 39.2 Å². The summed E-state index contributed by atoms with van der Waals surface area (Å²) in [6, 6.07) is 6.60. The number of hydrogen-bond donors (Lipinski definition) is 2. The molecule has 1 saturated heterocycles. The van der Waals surface area contributed by atoms with Gasteiger partial charge in [0.05, 0.1) is 24.5 Å². The number of nitrogens with zero attached hydrogens (tertiary/aromatic N) is 5. The van der Waals surface area contributed by atoms with Crippen molar-refractivity contribution in [1.29, 1.82) is 0 Å². The van der Waals surface area contributed by atoms with Crippen LogP contribution in [0.4, 0.5) is 5.82 Å². The van der Waals surface area contributed by atoms with Crippen molar-refractivity contribution in [1.82, 2.24) is 29.5 Å². The summed E-state index contributed by atoms with van der Waals surface area (Å²) in [4.78, 5) is 22.5. The quantitative estimate of drug-likeness (QED) is 0.466. The maximum atomic E-state index is 12.9. The van der Waals surface area contributed by atoms with E-state index in [9.17, 15) is 4.79 Å². The molecule has 9 heteroatoms. The van der Waals surface area contributed by atoms with Crippen molar-refractivity contribution in [3.05, 3.63) is 42.4 Å². The predicted octanol–water partition coefficient (Wildman–Crippen LogP) is 4.01. The van der Waals surface area contributed by atoms with Gasteiger partial charge >= 0.3 is 0 Å². The topological polar surface area (TPSA) is 98.4 Å². The Morgan fingerprint density at radius 3 is 2.74 bits per heavy atom. The van der Waals surface area contributed by atoms with Gasteiger partial charge in [0.1, 0.15) is 17.2 Å². The van der Waals surface area contributed by atoms with Crippen LogP contribution in [0.25, 0.3) is 28.3 Å². The lowest BCUT2D eigenvalue weighted by Crippen LogP contribution is -2.39. The molecule has 9 nitrogen and oxygen atoms in total. The first-order valence-electron chi connectivity index (χ1n) is 12.1. The van der Waals surface area contributed by atoms with Crippen LogP contribution in [0.3, 0.4) is 0 Å². The lowest BCUT2D eigenvalue weighted by atomic mass is 9.93. The van der Waals surface area contributed by atoms with Gasteiger partial charge in [-0.15, -0.1) is 0 Å². The summed E-state index contributed by atoms with van der Waals surface area (Å²) in [7, 11) is 1.84. The van der Waals surface area contributed by atoms with E-state index >= 15 is 0 Å². The van der Waals surface area contributed by atoms with E-state index in [0.29, 0.717) is 23.9 Å². The van der Waals surface area contributed by atoms with E-state index in [-0.39, 0.29) is 11.9 Å². The zero-order chi connectivity index (χ0) is 23.7. The van der Waals surface area contributed by atoms with Gasteiger partial charge in [-0.05, 0) is 37.8 Å². The molecule has 2 N–H and O–H groups in total. The molecule has 1 unspecified atom stereocenters. The Morgan fingerprint density at radius 1 is 1.18 bits per heavy atom. The summed E-state index contributed by atoms with van der Waals surface area (Å²) in [5.41, 5.74) is 3.73. The summed E-state index contributed by atoms with van der Waals surface area (Å²) in [5.74, 6) is 1.55. The Labute approximate surface area is 198 Å². The highest BCUT2D eigenvalue weighted by Crippen LogP contribution is 2.36. The molecular formula is C25H31N7O2. The summed E-state index contributed by atoms with van der Waals surface area (Å²) >= 11 is 0. The first-order valence-corrected chi connectivity index (χ1v) is 12.1. The molecule has 2 aromatic heterocycles. The van der Waals surface area contributed by atoms with Gasteiger partial charge in [0, 0.05) is 49.3 Å². The highest BCUT2D eigenvalue weighted by Gasteiger charge is 2.26. The van der Waals surface area contributed by atoms with Crippen LogP contribution >= 0.6 is 0 Å². The first kappa shape index (κ1) is 22.3. The van der Waals surface area contributed by atoms with Gasteiger partial charge in [-0.25, -0.2) is 9.97 Å². The number of hydrogen-bond acceptors (Lipinski definition) is 6. The number of carbonyl (C=O) groups is 1. The minimum atomic E-state index is -0.124. The zero-order valence-corrected chi connectivity index (χ0v) is 19.9. The average molecular weight is 462 g/mol. The molecule has 0 bridgehead atoms. The third-order valence-electron chi connectivity index (χ3n) is 6.59. The molecule has 6 rings (SSSR count). The van der Waals surface area contributed by atoms with Gasteiger partial charge in [0.15, 0.2) is 5.65 Å². The Hall–Kier alpha value is -3.46. The van der Waals surface area contributed by atoms with E-state index in [4.69, 9.17) is 14.7 Å². The largest absolute Gasteiger partial charge is 0.379 e. The number of carbonyl (C=O) groups excluding carboxylic acids is 1. The molecule has 2 fully saturated rings. The van der Waals surface area contributed by atoms with Crippen LogP contribution in [0.15, 0.2) is 36.8 Å². The molecule has 1 aliphatic carbocycles. The third kappa shape index (κ3) is 3.79. The van der Waals surface area contributed by atoms with E-state index in [1.54, 1.807) is 10.7 Å². The van der Waals surface area contributed by atoms with Crippen molar-refractivity contribution in [3.63, 3.8) is 0 Å². The van der Waals surface area contributed by atoms with Gasteiger partial charge in [0.2, 0.25) is 0 Å². The number of nitrogens with one attached hydrogen (secondary N) is 2. The normalized spacial score (nSPS) is 17.9. The number of rotatable bonds is 5. The molecule has 178 valence electrons. The van der Waals surface area contributed by atoms with Gasteiger partial charge in [-0.3, -0.25) is 4.79 Å². The lowest BCUT2D eigenvalue weighted by Gasteiger charge is -2.26. The molecule has 34 heavy (non-hydrogen) atoms. The number of fused-ring (bicyclic) bond motifs is 2. The average Bonchev–Trinajstić information content (AvgIpc) is 3.61. The van der Waals surface area contributed by atoms with Crippen molar-refractivity contribution in [2.75, 3.05) is 25.6 Å².